The first-order valence-corrected chi connectivity index (χ1v) is 24.3. The van der Waals surface area contributed by atoms with Crippen molar-refractivity contribution in [1.82, 2.24) is 35.3 Å². The number of urea groups is 1. The molecule has 0 fully saturated rings. The number of aromatic nitrogens is 6. The van der Waals surface area contributed by atoms with Gasteiger partial charge in [-0.15, -0.1) is 30.0 Å². The molecule has 2 heterocycles. The molecule has 2 amide bonds. The van der Waals surface area contributed by atoms with Gasteiger partial charge in [0.1, 0.15) is 51.5 Å². The number of nitrogens with zero attached hydrogens (tertiary/aromatic N) is 34. The number of carboxylic acids is 1. The van der Waals surface area contributed by atoms with E-state index in [1.165, 1.54) is 9.59 Å². The van der Waals surface area contributed by atoms with Crippen molar-refractivity contribution >= 4 is 34.1 Å². The standard InChI is InChI=1S/C21H15N29O3.2C14H13N3O/c1-50(2,19-20(51)52)18-14-16-23-21(53)25-27-29-31-33-35-37-39-41-43-45-47-49-48-46-44-42-40-38-36-34-32-30-28-26-24-17-13-11-9-7-5-3-4-6-8-10-12-15-22;2*1-9-7-10(2)14(18)13(8-9)17-15-11-5-3-4-6-12(11)16-17/h14,16,18-19H2,1-2H3,(H-,23,51,52,53);2*3-8,18H,1-2H3/b26-24?,27-25?,30-28+,31-29+,34-32+,35-33+,38-36+,39-37+,42-40+,43-41+,46-44+,47-45+,49-48+;;. The lowest BCUT2D eigenvalue weighted by Gasteiger charge is -2.29. The molecule has 3 N–H and O–H groups in total. The van der Waals surface area contributed by atoms with E-state index in [2.05, 4.69) is 232 Å². The Morgan fingerprint density at radius 1 is 0.506 bits per heavy atom. The fourth-order valence-corrected chi connectivity index (χ4v) is 6.14. The number of carbonyl (C=O) groups excluding carboxylic acids is 2. The molecule has 0 unspecified atom stereocenters. The highest BCUT2D eigenvalue weighted by Gasteiger charge is 2.15. The van der Waals surface area contributed by atoms with Crippen molar-refractivity contribution < 1.29 is 29.4 Å². The number of aryl methyl sites for hydroxylation is 4. The fraction of sp³-hybridized carbons (Fsp3) is 0.204. The maximum atomic E-state index is 11.5. The number of phenols is 2. The van der Waals surface area contributed by atoms with Gasteiger partial charge in [0.15, 0.2) is 6.07 Å². The third-order valence-electron chi connectivity index (χ3n) is 9.51. The Bertz CT molecular complexity index is 4120. The minimum Gasteiger partial charge on any atom is -0.544 e. The molecule has 4 aromatic carbocycles. The number of likely N-dealkylation sites (N-methyl/N-ethyl adjacent to an activating group) is 1. The normalized spacial score (nSPS) is 11.4. The van der Waals surface area contributed by atoms with Gasteiger partial charge in [-0.05, 0) is 170 Å². The lowest BCUT2D eigenvalue weighted by molar-refractivity contribution is -0.884. The molecular formula is C49H41N35O5. The Hall–Kier alpha value is -14.2. The lowest BCUT2D eigenvalue weighted by atomic mass is 10.1. The summed E-state index contributed by atoms with van der Waals surface area (Å²) >= 11 is 0. The molecule has 0 saturated carbocycles. The van der Waals surface area contributed by atoms with Gasteiger partial charge in [0.25, 0.3) is 0 Å². The van der Waals surface area contributed by atoms with E-state index in [9.17, 15) is 24.9 Å². The Kier molecular flexibility index (Phi) is 29.7. The quantitative estimate of drug-likeness (QED) is 0.0214. The van der Waals surface area contributed by atoms with Crippen LogP contribution in [0.2, 0.25) is 0 Å². The number of benzene rings is 4. The molecule has 0 aliphatic carbocycles. The zero-order valence-electron chi connectivity index (χ0n) is 47.1. The first kappa shape index (κ1) is 67.3. The fourth-order valence-electron chi connectivity index (χ4n) is 6.14. The Morgan fingerprint density at radius 3 is 1.18 bits per heavy atom. The monoisotopic (exact) mass is 1200 g/mol. The van der Waals surface area contributed by atoms with Crippen molar-refractivity contribution in [2.24, 2.45) is 136 Å². The number of aliphatic carboxylic acids is 1. The van der Waals surface area contributed by atoms with Gasteiger partial charge in [0, 0.05) is 120 Å². The number of amides is 2. The number of carbonyl (C=O) groups is 2. The van der Waals surface area contributed by atoms with Gasteiger partial charge in [0.05, 0.1) is 32.7 Å². The lowest BCUT2D eigenvalue weighted by Crippen LogP contribution is -2.49. The summed E-state index contributed by atoms with van der Waals surface area (Å²) in [6.45, 7) is 8.26. The maximum Gasteiger partial charge on any atom is 0.361 e. The summed E-state index contributed by atoms with van der Waals surface area (Å²) < 4.78 is 0.192. The molecule has 6 aromatic rings. The zero-order chi connectivity index (χ0) is 64.2. The van der Waals surface area contributed by atoms with E-state index in [0.717, 1.165) is 44.3 Å². The van der Waals surface area contributed by atoms with E-state index in [-0.39, 0.29) is 29.1 Å². The summed E-state index contributed by atoms with van der Waals surface area (Å²) in [6.07, 6.45) is 0.489. The Labute approximate surface area is 501 Å². The summed E-state index contributed by atoms with van der Waals surface area (Å²) in [4.78, 5) is 25.1. The van der Waals surface area contributed by atoms with Gasteiger partial charge in [-0.1, -0.05) is 46.6 Å². The minimum atomic E-state index is -1.17. The van der Waals surface area contributed by atoms with Crippen LogP contribution in [0.25, 0.3) is 33.4 Å². The number of hydrogen-bond acceptors (Lipinski definition) is 11. The van der Waals surface area contributed by atoms with E-state index in [4.69, 9.17) is 5.26 Å². The predicted molar refractivity (Wildman–Crippen MR) is 300 cm³/mol. The number of quaternary nitrogens is 1. The van der Waals surface area contributed by atoms with Gasteiger partial charge in [0.2, 0.25) is 0 Å². The molecule has 0 aliphatic heterocycles. The van der Waals surface area contributed by atoms with E-state index in [1.54, 1.807) is 20.2 Å². The summed E-state index contributed by atoms with van der Waals surface area (Å²) in [5.74, 6) is 24.9. The summed E-state index contributed by atoms with van der Waals surface area (Å²) in [7, 11) is 3.43. The minimum absolute atomic E-state index is 0.157. The van der Waals surface area contributed by atoms with Crippen LogP contribution in [0.4, 0.5) is 4.79 Å². The maximum absolute atomic E-state index is 11.5. The average Bonchev–Trinajstić information content (AvgIpc) is 2.27. The molecular weight excluding hydrogens is 1160 g/mol. The largest absolute Gasteiger partial charge is 0.544 e. The van der Waals surface area contributed by atoms with Crippen LogP contribution in [0.3, 0.4) is 0 Å². The third kappa shape index (κ3) is 27.9. The number of nitriles is 1. The number of fused-ring (bicyclic) bond motifs is 2. The van der Waals surface area contributed by atoms with Crippen molar-refractivity contribution in [3.63, 3.8) is 0 Å². The average molecular weight is 1200 g/mol. The smallest absolute Gasteiger partial charge is 0.361 e. The molecule has 442 valence electrons. The van der Waals surface area contributed by atoms with Crippen molar-refractivity contribution in [1.29, 1.82) is 5.26 Å². The molecule has 40 heteroatoms. The number of phenolic OH excluding ortho intramolecular Hbond substituents is 2. The molecule has 40 nitrogen and oxygen atoms in total. The number of hydrogen-bond donors (Lipinski definition) is 3. The number of nitrogens with one attached hydrogen (secondary N) is 1. The van der Waals surface area contributed by atoms with E-state index in [0.29, 0.717) is 24.3 Å². The summed E-state index contributed by atoms with van der Waals surface area (Å²) in [5.41, 5.74) is 8.28. The highest BCUT2D eigenvalue weighted by atomic mass is 16.4. The first-order valence-electron chi connectivity index (χ1n) is 24.3. The Morgan fingerprint density at radius 2 is 0.831 bits per heavy atom. The van der Waals surface area contributed by atoms with Crippen LogP contribution in [0.15, 0.2) is 208 Å². The molecule has 6 rings (SSSR count). The van der Waals surface area contributed by atoms with Gasteiger partial charge < -0.3 is 29.9 Å². The molecule has 0 radical (unpaired) electrons. The SMILES string of the molecule is C[N+](C)(CCCNC(=O)N=N/N=N/N=N/N=N/N=N/N=N/N=N/N=N/N=N/N=N/N=N/N=N/N=NC#CC#CC#CC#CC#CC#CC#N)CC(=O)[O-].Cc1cc(C)c(O)c(-n2nc3ccccc3n2)c1.Cc1cc(C)c(O)c(-n2nc3ccccc3n2)c1. The molecule has 0 bridgehead atoms. The topological polar surface area (TPSA) is 516 Å². The van der Waals surface area contributed by atoms with Gasteiger partial charge >= 0.3 is 6.03 Å². The van der Waals surface area contributed by atoms with E-state index in [1.807, 2.05) is 100 Å². The summed E-state index contributed by atoms with van der Waals surface area (Å²) in [5, 5.41) is 138. The Balaban J connectivity index is 0.000000369. The second kappa shape index (κ2) is 39.3. The van der Waals surface area contributed by atoms with Crippen molar-refractivity contribution in [3.8, 4) is 100 Å². The zero-order valence-corrected chi connectivity index (χ0v) is 47.1. The number of aromatic hydroxyl groups is 2. The molecule has 0 aliphatic rings. The molecule has 89 heavy (non-hydrogen) atoms. The molecule has 0 atom stereocenters. The third-order valence-corrected chi connectivity index (χ3v) is 9.51. The van der Waals surface area contributed by atoms with Crippen LogP contribution in [0.5, 0.6) is 11.5 Å². The van der Waals surface area contributed by atoms with Gasteiger partial charge in [-0.2, -0.15) is 5.26 Å². The van der Waals surface area contributed by atoms with Crippen LogP contribution in [0, 0.1) is 110 Å². The highest BCUT2D eigenvalue weighted by molar-refractivity contribution is 5.75. The van der Waals surface area contributed by atoms with Gasteiger partial charge in [-0.25, -0.2) is 4.79 Å². The predicted octanol–water partition coefficient (Wildman–Crippen LogP) is 8.76. The van der Waals surface area contributed by atoms with E-state index >= 15 is 0 Å². The van der Waals surface area contributed by atoms with Gasteiger partial charge in [-0.3, -0.25) is 0 Å². The van der Waals surface area contributed by atoms with Crippen molar-refractivity contribution in [2.75, 3.05) is 33.7 Å². The molecule has 0 spiro atoms. The highest BCUT2D eigenvalue weighted by Crippen LogP contribution is 2.28. The van der Waals surface area contributed by atoms with Crippen LogP contribution in [-0.4, -0.2) is 90.4 Å². The van der Waals surface area contributed by atoms with Crippen molar-refractivity contribution in [3.05, 3.63) is 95.1 Å². The first-order chi connectivity index (χ1) is 43.2. The summed E-state index contributed by atoms with van der Waals surface area (Å²) in [6, 6.07) is 25.9. The van der Waals surface area contributed by atoms with E-state index < -0.39 is 12.0 Å². The second-order valence-corrected chi connectivity index (χ2v) is 16.6. The number of carboxylic acid groups (broad SMARTS) is 1. The van der Waals surface area contributed by atoms with Crippen LogP contribution >= 0.6 is 0 Å². The van der Waals surface area contributed by atoms with Crippen LogP contribution < -0.4 is 10.4 Å². The molecule has 2 aromatic heterocycles. The van der Waals surface area contributed by atoms with Crippen molar-refractivity contribution in [2.45, 2.75) is 34.1 Å². The molecule has 0 saturated heterocycles. The number of rotatable bonds is 20. The van der Waals surface area contributed by atoms with Crippen LogP contribution in [0.1, 0.15) is 28.7 Å². The second-order valence-electron chi connectivity index (χ2n) is 16.6. The van der Waals surface area contributed by atoms with Crippen LogP contribution in [-0.2, 0) is 4.79 Å².